The van der Waals surface area contributed by atoms with E-state index in [1.165, 1.54) is 18.3 Å². The number of benzene rings is 3. The Kier molecular flexibility index (Phi) is 6.90. The largest absolute Gasteiger partial charge is 0.496 e. The number of hydrogen-bond acceptors (Lipinski definition) is 5. The Hall–Kier alpha value is -2.84. The van der Waals surface area contributed by atoms with Crippen LogP contribution < -0.4 is 14.3 Å². The molecule has 0 unspecified atom stereocenters. The number of rotatable bonds is 8. The SMILES string of the molecule is COc1ccc(C=NNS(=O)(=O)c2ccccc2)cc1COc1ccccc1Br. The zero-order valence-electron chi connectivity index (χ0n) is 15.6. The van der Waals surface area contributed by atoms with Crippen LogP contribution in [0.5, 0.6) is 11.5 Å². The number of para-hydroxylation sites is 1. The van der Waals surface area contributed by atoms with Gasteiger partial charge < -0.3 is 9.47 Å². The molecule has 1 N–H and O–H groups in total. The molecule has 8 heteroatoms. The number of hydrogen-bond donors (Lipinski definition) is 1. The summed E-state index contributed by atoms with van der Waals surface area (Å²) in [4.78, 5) is 2.36. The third-order valence-electron chi connectivity index (χ3n) is 3.96. The molecule has 0 saturated heterocycles. The summed E-state index contributed by atoms with van der Waals surface area (Å²) in [6, 6.07) is 21.0. The molecule has 0 spiro atoms. The smallest absolute Gasteiger partial charge is 0.276 e. The maximum atomic E-state index is 12.2. The zero-order valence-corrected chi connectivity index (χ0v) is 18.0. The Morgan fingerprint density at radius 1 is 1.00 bits per heavy atom. The number of ether oxygens (including phenoxy) is 2. The lowest BCUT2D eigenvalue weighted by Gasteiger charge is -2.12. The topological polar surface area (TPSA) is 77.0 Å². The van der Waals surface area contributed by atoms with E-state index in [4.69, 9.17) is 9.47 Å². The van der Waals surface area contributed by atoms with E-state index >= 15 is 0 Å². The van der Waals surface area contributed by atoms with Crippen molar-refractivity contribution < 1.29 is 17.9 Å². The van der Waals surface area contributed by atoms with Crippen LogP contribution in [0, 0.1) is 0 Å². The first-order valence-corrected chi connectivity index (χ1v) is 10.9. The summed E-state index contributed by atoms with van der Waals surface area (Å²) >= 11 is 3.45. The van der Waals surface area contributed by atoms with E-state index in [1.54, 1.807) is 37.4 Å². The fourth-order valence-electron chi connectivity index (χ4n) is 2.53. The molecule has 3 aromatic carbocycles. The minimum absolute atomic E-state index is 0.148. The van der Waals surface area contributed by atoms with Crippen LogP contribution >= 0.6 is 15.9 Å². The van der Waals surface area contributed by atoms with E-state index in [0.717, 1.165) is 10.0 Å². The molecule has 0 radical (unpaired) electrons. The van der Waals surface area contributed by atoms with Crippen molar-refractivity contribution in [2.24, 2.45) is 5.10 Å². The average molecular weight is 475 g/mol. The summed E-state index contributed by atoms with van der Waals surface area (Å²) in [5.41, 5.74) is 1.51. The molecule has 0 aliphatic heterocycles. The summed E-state index contributed by atoms with van der Waals surface area (Å²) < 4.78 is 36.5. The predicted molar refractivity (Wildman–Crippen MR) is 116 cm³/mol. The van der Waals surface area contributed by atoms with Gasteiger partial charge in [0.1, 0.15) is 18.1 Å². The zero-order chi connectivity index (χ0) is 20.7. The molecule has 0 bridgehead atoms. The van der Waals surface area contributed by atoms with E-state index in [2.05, 4.69) is 25.9 Å². The highest BCUT2D eigenvalue weighted by Crippen LogP contribution is 2.27. The van der Waals surface area contributed by atoms with Gasteiger partial charge in [-0.3, -0.25) is 0 Å². The molecule has 0 heterocycles. The van der Waals surface area contributed by atoms with Crippen molar-refractivity contribution in [2.75, 3.05) is 7.11 Å². The molecule has 0 aliphatic rings. The third-order valence-corrected chi connectivity index (χ3v) is 5.86. The normalized spacial score (nSPS) is 11.4. The van der Waals surface area contributed by atoms with Crippen molar-refractivity contribution in [3.63, 3.8) is 0 Å². The fourth-order valence-corrected chi connectivity index (χ4v) is 3.74. The number of sulfonamides is 1. The number of methoxy groups -OCH3 is 1. The quantitative estimate of drug-likeness (QED) is 0.388. The summed E-state index contributed by atoms with van der Waals surface area (Å²) in [5, 5.41) is 3.87. The van der Waals surface area contributed by atoms with Gasteiger partial charge in [-0.2, -0.15) is 13.5 Å². The maximum absolute atomic E-state index is 12.2. The molecule has 6 nitrogen and oxygen atoms in total. The summed E-state index contributed by atoms with van der Waals surface area (Å²) in [6.07, 6.45) is 1.43. The molecule has 0 fully saturated rings. The van der Waals surface area contributed by atoms with Gasteiger partial charge in [-0.05, 0) is 64.0 Å². The van der Waals surface area contributed by atoms with Crippen molar-refractivity contribution in [1.29, 1.82) is 0 Å². The highest BCUT2D eigenvalue weighted by Gasteiger charge is 2.11. The highest BCUT2D eigenvalue weighted by atomic mass is 79.9. The summed E-state index contributed by atoms with van der Waals surface area (Å²) in [7, 11) is -2.12. The van der Waals surface area contributed by atoms with Crippen LogP contribution in [0.1, 0.15) is 11.1 Å². The molecule has 0 amide bonds. The first-order valence-electron chi connectivity index (χ1n) is 8.64. The third kappa shape index (κ3) is 5.58. The van der Waals surface area contributed by atoms with Crippen molar-refractivity contribution in [2.45, 2.75) is 11.5 Å². The van der Waals surface area contributed by atoms with E-state index in [-0.39, 0.29) is 11.5 Å². The number of hydrazone groups is 1. The molecular weight excluding hydrogens is 456 g/mol. The monoisotopic (exact) mass is 474 g/mol. The van der Waals surface area contributed by atoms with Gasteiger partial charge in [0.2, 0.25) is 0 Å². The highest BCUT2D eigenvalue weighted by molar-refractivity contribution is 9.10. The summed E-state index contributed by atoms with van der Waals surface area (Å²) in [5.74, 6) is 1.38. The lowest BCUT2D eigenvalue weighted by molar-refractivity contribution is 0.295. The van der Waals surface area contributed by atoms with Gasteiger partial charge in [0, 0.05) is 5.56 Å². The predicted octanol–water partition coefficient (Wildman–Crippen LogP) is 4.35. The Morgan fingerprint density at radius 2 is 1.72 bits per heavy atom. The lowest BCUT2D eigenvalue weighted by Crippen LogP contribution is -2.18. The minimum atomic E-state index is -3.71. The average Bonchev–Trinajstić information content (AvgIpc) is 2.74. The van der Waals surface area contributed by atoms with Gasteiger partial charge >= 0.3 is 0 Å². The fraction of sp³-hybridized carbons (Fsp3) is 0.0952. The first kappa shape index (κ1) is 20.9. The van der Waals surface area contributed by atoms with Gasteiger partial charge in [-0.15, -0.1) is 0 Å². The lowest BCUT2D eigenvalue weighted by atomic mass is 10.1. The second-order valence-corrected chi connectivity index (χ2v) is 8.47. The van der Waals surface area contributed by atoms with Gasteiger partial charge in [0.25, 0.3) is 10.0 Å². The van der Waals surface area contributed by atoms with Gasteiger partial charge in [0.15, 0.2) is 0 Å². The number of nitrogens with one attached hydrogen (secondary N) is 1. The maximum Gasteiger partial charge on any atom is 0.276 e. The van der Waals surface area contributed by atoms with Gasteiger partial charge in [0.05, 0.1) is 22.7 Å². The molecule has 0 aromatic heterocycles. The van der Waals surface area contributed by atoms with Gasteiger partial charge in [-0.1, -0.05) is 30.3 Å². The second kappa shape index (κ2) is 9.58. The van der Waals surface area contributed by atoms with Crippen LogP contribution in [0.25, 0.3) is 0 Å². The Balaban J connectivity index is 1.73. The van der Waals surface area contributed by atoms with Crippen LogP contribution in [0.3, 0.4) is 0 Å². The molecular formula is C21H19BrN2O4S. The molecule has 29 heavy (non-hydrogen) atoms. The Bertz CT molecular complexity index is 1100. The van der Waals surface area contributed by atoms with Crippen molar-refractivity contribution in [1.82, 2.24) is 4.83 Å². The van der Waals surface area contributed by atoms with Crippen LogP contribution in [-0.2, 0) is 16.6 Å². The molecule has 3 aromatic rings. The van der Waals surface area contributed by atoms with Crippen molar-refractivity contribution in [3.8, 4) is 11.5 Å². The second-order valence-electron chi connectivity index (χ2n) is 5.96. The number of nitrogens with zero attached hydrogens (tertiary/aromatic N) is 1. The van der Waals surface area contributed by atoms with E-state index in [9.17, 15) is 8.42 Å². The molecule has 0 aliphatic carbocycles. The minimum Gasteiger partial charge on any atom is -0.496 e. The van der Waals surface area contributed by atoms with Crippen LogP contribution in [0.2, 0.25) is 0 Å². The standard InChI is InChI=1S/C21H19BrN2O4S/c1-27-20-12-11-16(13-17(20)15-28-21-10-6-5-9-19(21)22)14-23-24-29(25,26)18-7-3-2-4-8-18/h2-14,24H,15H2,1H3. The van der Waals surface area contributed by atoms with Gasteiger partial charge in [-0.25, -0.2) is 4.83 Å². The van der Waals surface area contributed by atoms with E-state index in [0.29, 0.717) is 17.1 Å². The van der Waals surface area contributed by atoms with E-state index in [1.807, 2.05) is 30.3 Å². The molecule has 0 atom stereocenters. The summed E-state index contributed by atoms with van der Waals surface area (Å²) in [6.45, 7) is 0.281. The van der Waals surface area contributed by atoms with Crippen molar-refractivity contribution in [3.05, 3.63) is 88.4 Å². The first-order chi connectivity index (χ1) is 14.0. The van der Waals surface area contributed by atoms with Crippen LogP contribution in [0.4, 0.5) is 0 Å². The molecule has 3 rings (SSSR count). The van der Waals surface area contributed by atoms with Crippen LogP contribution in [-0.4, -0.2) is 21.7 Å². The number of halogens is 1. The van der Waals surface area contributed by atoms with Crippen molar-refractivity contribution >= 4 is 32.2 Å². The Morgan fingerprint density at radius 3 is 2.45 bits per heavy atom. The van der Waals surface area contributed by atoms with E-state index < -0.39 is 10.0 Å². The Labute approximate surface area is 178 Å². The molecule has 150 valence electrons. The molecule has 0 saturated carbocycles. The van der Waals surface area contributed by atoms with Crippen LogP contribution in [0.15, 0.2) is 87.3 Å².